The van der Waals surface area contributed by atoms with Crippen molar-refractivity contribution in [3.8, 4) is 11.4 Å². The molecule has 1 aromatic rings. The molecule has 0 radical (unpaired) electrons. The summed E-state index contributed by atoms with van der Waals surface area (Å²) >= 11 is 0. The molecule has 0 aliphatic carbocycles. The summed E-state index contributed by atoms with van der Waals surface area (Å²) in [7, 11) is 0. The van der Waals surface area contributed by atoms with Crippen LogP contribution in [0.4, 0.5) is 0 Å². The molecule has 0 spiro atoms. The van der Waals surface area contributed by atoms with Crippen molar-refractivity contribution in [3.63, 3.8) is 0 Å². The maximum atomic E-state index is 12.4. The zero-order chi connectivity index (χ0) is 22.8. The van der Waals surface area contributed by atoms with Crippen molar-refractivity contribution in [2.45, 2.75) is 66.8 Å². The Bertz CT molecular complexity index is 1190. The number of ether oxygens (including phenoxy) is 1. The lowest BCUT2D eigenvalue weighted by atomic mass is 9.87. The summed E-state index contributed by atoms with van der Waals surface area (Å²) in [5, 5.41) is 0. The lowest BCUT2D eigenvalue weighted by Gasteiger charge is -2.22. The molecule has 0 fully saturated rings. The van der Waals surface area contributed by atoms with Crippen molar-refractivity contribution in [1.29, 1.82) is 0 Å². The lowest BCUT2D eigenvalue weighted by Crippen LogP contribution is -2.26. The van der Waals surface area contributed by atoms with Gasteiger partial charge < -0.3 is 9.30 Å². The molecule has 1 N–H and O–H groups in total. The Morgan fingerprint density at radius 2 is 1.81 bits per heavy atom. The predicted molar refractivity (Wildman–Crippen MR) is 122 cm³/mol. The number of carbonyl (C=O) groups is 1. The quantitative estimate of drug-likeness (QED) is 0.335. The third-order valence-corrected chi connectivity index (χ3v) is 5.88. The van der Waals surface area contributed by atoms with Crippen molar-refractivity contribution in [2.75, 3.05) is 6.61 Å². The summed E-state index contributed by atoms with van der Waals surface area (Å²) in [5.41, 5.74) is 3.32. The van der Waals surface area contributed by atoms with Gasteiger partial charge in [0.1, 0.15) is 0 Å². The normalized spacial score (nSPS) is 11.9. The highest BCUT2D eigenvalue weighted by atomic mass is 16.5. The standard InChI is InChI=1S/C24H31N3O4/c1-6-31-23(30)24(4,5)10-8-7-9-11-27-18-13-16(3)15(2)12-17(18)25-21-19(27)14-20(28)26-22(21)29/h12-14H,6-11H2,1-5H3,(H,26,28,29). The third kappa shape index (κ3) is 4.86. The van der Waals surface area contributed by atoms with Crippen LogP contribution < -0.4 is 11.1 Å². The van der Waals surface area contributed by atoms with Crippen molar-refractivity contribution >= 4 is 17.0 Å². The summed E-state index contributed by atoms with van der Waals surface area (Å²) < 4.78 is 7.19. The predicted octanol–water partition coefficient (Wildman–Crippen LogP) is 3.96. The topological polar surface area (TPSA) is 94.0 Å². The van der Waals surface area contributed by atoms with Crippen LogP contribution >= 0.6 is 0 Å². The number of nitrogens with one attached hydrogen (secondary N) is 1. The van der Waals surface area contributed by atoms with Crippen LogP contribution in [0.3, 0.4) is 0 Å². The number of H-pyrrole nitrogens is 1. The molecule has 2 aliphatic rings. The molecule has 0 atom stereocenters. The fourth-order valence-electron chi connectivity index (χ4n) is 3.85. The van der Waals surface area contributed by atoms with Crippen LogP contribution in [0.15, 0.2) is 27.8 Å². The summed E-state index contributed by atoms with van der Waals surface area (Å²) in [4.78, 5) is 43.3. The van der Waals surface area contributed by atoms with Gasteiger partial charge in [-0.2, -0.15) is 0 Å². The number of fused-ring (bicyclic) bond motifs is 2. The van der Waals surface area contributed by atoms with Gasteiger partial charge in [0.15, 0.2) is 5.69 Å². The molecule has 0 bridgehead atoms. The average molecular weight is 426 g/mol. The summed E-state index contributed by atoms with van der Waals surface area (Å²) in [6.45, 7) is 10.7. The van der Waals surface area contributed by atoms with E-state index in [-0.39, 0.29) is 11.7 Å². The van der Waals surface area contributed by atoms with E-state index in [1.807, 2.05) is 45.3 Å². The number of aromatic nitrogens is 3. The maximum absolute atomic E-state index is 12.4. The zero-order valence-corrected chi connectivity index (χ0v) is 19.0. The van der Waals surface area contributed by atoms with Gasteiger partial charge in [-0.3, -0.25) is 19.4 Å². The van der Waals surface area contributed by atoms with Crippen LogP contribution in [-0.4, -0.2) is 27.1 Å². The van der Waals surface area contributed by atoms with Gasteiger partial charge in [-0.15, -0.1) is 0 Å². The minimum atomic E-state index is -0.501. The highest BCUT2D eigenvalue weighted by Crippen LogP contribution is 2.27. The lowest BCUT2D eigenvalue weighted by molar-refractivity contribution is -0.153. The highest BCUT2D eigenvalue weighted by Gasteiger charge is 2.28. The van der Waals surface area contributed by atoms with E-state index < -0.39 is 16.5 Å². The van der Waals surface area contributed by atoms with E-state index in [0.717, 1.165) is 47.8 Å². The molecule has 0 saturated carbocycles. The number of hydrogen-bond donors (Lipinski definition) is 1. The number of hydrogen-bond acceptors (Lipinski definition) is 5. The zero-order valence-electron chi connectivity index (χ0n) is 19.0. The molecule has 0 unspecified atom stereocenters. The number of unbranched alkanes of at least 4 members (excludes halogenated alkanes) is 2. The number of rotatable bonds is 8. The number of nitrogens with zero attached hydrogens (tertiary/aromatic N) is 2. The van der Waals surface area contributed by atoms with E-state index in [2.05, 4.69) is 16.0 Å². The molecule has 0 aromatic heterocycles. The second kappa shape index (κ2) is 9.04. The van der Waals surface area contributed by atoms with E-state index in [1.165, 1.54) is 6.07 Å². The van der Waals surface area contributed by atoms with Gasteiger partial charge >= 0.3 is 5.97 Å². The first-order valence-corrected chi connectivity index (χ1v) is 10.9. The molecular formula is C24H31N3O4. The van der Waals surface area contributed by atoms with Gasteiger partial charge in [0.2, 0.25) is 0 Å². The van der Waals surface area contributed by atoms with Crippen LogP contribution in [0.25, 0.3) is 22.4 Å². The first-order valence-electron chi connectivity index (χ1n) is 10.9. The average Bonchev–Trinajstić information content (AvgIpc) is 2.69. The Hall–Kier alpha value is -2.96. The monoisotopic (exact) mass is 425 g/mol. The second-order valence-corrected chi connectivity index (χ2v) is 8.80. The molecule has 7 heteroatoms. The van der Waals surface area contributed by atoms with Gasteiger partial charge in [0.05, 0.1) is 28.7 Å². The van der Waals surface area contributed by atoms with Crippen molar-refractivity contribution in [3.05, 3.63) is 50.0 Å². The summed E-state index contributed by atoms with van der Waals surface area (Å²) in [6.07, 6.45) is 3.40. The SMILES string of the molecule is CCOC(=O)C(C)(C)CCCCCn1c2cc(=O)[nH]c(=O)c-2nc2cc(C)c(C)cc21. The molecule has 1 aromatic carbocycles. The Morgan fingerprint density at radius 1 is 1.10 bits per heavy atom. The smallest absolute Gasteiger partial charge is 0.311 e. The van der Waals surface area contributed by atoms with Crippen molar-refractivity contribution < 1.29 is 9.53 Å². The summed E-state index contributed by atoms with van der Waals surface area (Å²) in [5.74, 6) is -0.163. The van der Waals surface area contributed by atoms with Crippen LogP contribution in [0.2, 0.25) is 0 Å². The molecule has 0 saturated heterocycles. The molecule has 2 aliphatic heterocycles. The number of pyridine rings is 1. The Labute approximate surface area is 181 Å². The number of aryl methyl sites for hydroxylation is 3. The van der Waals surface area contributed by atoms with Gasteiger partial charge in [0.25, 0.3) is 11.1 Å². The molecular weight excluding hydrogens is 394 g/mol. The number of benzene rings is 1. The maximum Gasteiger partial charge on any atom is 0.311 e. The number of carbonyl (C=O) groups excluding carboxylic acids is 1. The Kier molecular flexibility index (Phi) is 6.62. The van der Waals surface area contributed by atoms with Gasteiger partial charge in [0, 0.05) is 12.6 Å². The Morgan fingerprint density at radius 3 is 2.52 bits per heavy atom. The van der Waals surface area contributed by atoms with Crippen LogP contribution in [0.1, 0.15) is 57.6 Å². The van der Waals surface area contributed by atoms with Gasteiger partial charge in [-0.25, -0.2) is 4.98 Å². The van der Waals surface area contributed by atoms with Crippen molar-refractivity contribution in [1.82, 2.24) is 14.5 Å². The Balaban J connectivity index is 1.85. The molecule has 7 nitrogen and oxygen atoms in total. The molecule has 166 valence electrons. The minimum absolute atomic E-state index is 0.163. The minimum Gasteiger partial charge on any atom is -0.466 e. The number of esters is 1. The fourth-order valence-corrected chi connectivity index (χ4v) is 3.85. The molecule has 3 rings (SSSR count). The number of aromatic amines is 1. The van der Waals surface area contributed by atoms with Crippen LogP contribution in [-0.2, 0) is 16.1 Å². The summed E-state index contributed by atoms with van der Waals surface area (Å²) in [6, 6.07) is 5.49. The largest absolute Gasteiger partial charge is 0.466 e. The van der Waals surface area contributed by atoms with Crippen LogP contribution in [0.5, 0.6) is 0 Å². The first kappa shape index (κ1) is 22.7. The van der Waals surface area contributed by atoms with Gasteiger partial charge in [-0.1, -0.05) is 12.8 Å². The van der Waals surface area contributed by atoms with E-state index in [9.17, 15) is 14.4 Å². The van der Waals surface area contributed by atoms with E-state index in [0.29, 0.717) is 18.8 Å². The fraction of sp³-hybridized carbons (Fsp3) is 0.500. The highest BCUT2D eigenvalue weighted by molar-refractivity contribution is 5.81. The first-order chi connectivity index (χ1) is 14.6. The third-order valence-electron chi connectivity index (χ3n) is 5.88. The molecule has 2 heterocycles. The van der Waals surface area contributed by atoms with E-state index >= 15 is 0 Å². The van der Waals surface area contributed by atoms with Gasteiger partial charge in [-0.05, 0) is 70.7 Å². The second-order valence-electron chi connectivity index (χ2n) is 8.80. The van der Waals surface area contributed by atoms with Crippen LogP contribution in [0, 0.1) is 19.3 Å². The molecule has 31 heavy (non-hydrogen) atoms. The molecule has 0 amide bonds. The van der Waals surface area contributed by atoms with Crippen molar-refractivity contribution in [2.24, 2.45) is 5.41 Å². The van der Waals surface area contributed by atoms with E-state index in [1.54, 1.807) is 0 Å². The van der Waals surface area contributed by atoms with E-state index in [4.69, 9.17) is 4.74 Å².